The fourth-order valence-corrected chi connectivity index (χ4v) is 1.97. The van der Waals surface area contributed by atoms with Gasteiger partial charge in [0.05, 0.1) is 0 Å². The molecular weight excluding hydrogens is 238 g/mol. The molecule has 7 nitrogen and oxygen atoms in total. The summed E-state index contributed by atoms with van der Waals surface area (Å²) in [6.07, 6.45) is 1.89. The average Bonchev–Trinajstić information content (AvgIpc) is 2.86. The third-order valence-electron chi connectivity index (χ3n) is 1.96. The summed E-state index contributed by atoms with van der Waals surface area (Å²) in [7, 11) is 0. The number of aromatic amines is 1. The first-order valence-corrected chi connectivity index (χ1v) is 6.04. The first-order valence-electron chi connectivity index (χ1n) is 5.16. The first-order chi connectivity index (χ1) is 8.19. The fraction of sp³-hybridized carbons (Fsp3) is 0.333. The number of H-pyrrole nitrogens is 1. The van der Waals surface area contributed by atoms with E-state index in [4.69, 9.17) is 11.5 Å². The molecule has 2 aromatic rings. The molecule has 2 aromatic heterocycles. The monoisotopic (exact) mass is 251 g/mol. The molecule has 0 unspecified atom stereocenters. The number of aryl methyl sites for hydroxylation is 1. The minimum Gasteiger partial charge on any atom is -0.370 e. The molecule has 90 valence electrons. The second-order valence-electron chi connectivity index (χ2n) is 3.41. The zero-order chi connectivity index (χ0) is 12.3. The molecule has 0 bridgehead atoms. The first kappa shape index (κ1) is 11.5. The highest BCUT2D eigenvalue weighted by Gasteiger charge is 2.09. The quantitative estimate of drug-likeness (QED) is 0.548. The number of hydrogen-bond donors (Lipinski definition) is 3. The fourth-order valence-electron chi connectivity index (χ4n) is 1.29. The lowest BCUT2D eigenvalue weighted by Gasteiger charge is -1.87. The molecule has 2 rings (SSSR count). The van der Waals surface area contributed by atoms with Crippen molar-refractivity contribution in [1.29, 1.82) is 0 Å². The van der Waals surface area contributed by atoms with E-state index in [1.165, 1.54) is 11.3 Å². The molecular formula is C9H13N7S. The standard InChI is InChI=1S/C9H13N7S/c1-2-3-6-13-7(16-15-6)5-4-17-9(12-5)14-8(10)11/h4H,2-3H2,1H3,(H,13,15,16)(H4,10,11,12,14). The van der Waals surface area contributed by atoms with Crippen LogP contribution in [0.2, 0.25) is 0 Å². The Hall–Kier alpha value is -1.96. The summed E-state index contributed by atoms with van der Waals surface area (Å²) in [6, 6.07) is 0. The normalized spacial score (nSPS) is 10.4. The molecule has 0 aliphatic heterocycles. The predicted molar refractivity (Wildman–Crippen MR) is 67.0 cm³/mol. The second kappa shape index (κ2) is 4.91. The summed E-state index contributed by atoms with van der Waals surface area (Å²) in [5, 5.41) is 9.29. The van der Waals surface area contributed by atoms with E-state index < -0.39 is 0 Å². The van der Waals surface area contributed by atoms with Gasteiger partial charge in [0.25, 0.3) is 0 Å². The minimum absolute atomic E-state index is 0.00689. The van der Waals surface area contributed by atoms with E-state index in [-0.39, 0.29) is 5.96 Å². The summed E-state index contributed by atoms with van der Waals surface area (Å²) in [5.41, 5.74) is 11.2. The van der Waals surface area contributed by atoms with Gasteiger partial charge in [-0.25, -0.2) is 9.97 Å². The Labute approximate surface area is 102 Å². The van der Waals surface area contributed by atoms with Gasteiger partial charge in [0.1, 0.15) is 11.5 Å². The molecule has 0 aliphatic carbocycles. The van der Waals surface area contributed by atoms with Gasteiger partial charge in [-0.2, -0.15) is 10.1 Å². The highest BCUT2D eigenvalue weighted by Crippen LogP contribution is 2.24. The smallest absolute Gasteiger partial charge is 0.212 e. The van der Waals surface area contributed by atoms with Gasteiger partial charge in [-0.15, -0.1) is 11.3 Å². The van der Waals surface area contributed by atoms with E-state index in [1.807, 2.05) is 5.38 Å². The van der Waals surface area contributed by atoms with Gasteiger partial charge in [0, 0.05) is 11.8 Å². The predicted octanol–water partition coefficient (Wildman–Crippen LogP) is 0.786. The Morgan fingerprint density at radius 1 is 1.47 bits per heavy atom. The highest BCUT2D eigenvalue weighted by atomic mass is 32.1. The van der Waals surface area contributed by atoms with Gasteiger partial charge in [-0.05, 0) is 6.42 Å². The molecule has 0 spiro atoms. The molecule has 0 saturated heterocycles. The Morgan fingerprint density at radius 2 is 2.29 bits per heavy atom. The summed E-state index contributed by atoms with van der Waals surface area (Å²) in [4.78, 5) is 12.4. The van der Waals surface area contributed by atoms with Crippen molar-refractivity contribution in [2.75, 3.05) is 0 Å². The number of hydrogen-bond acceptors (Lipinski definition) is 5. The lowest BCUT2D eigenvalue weighted by atomic mass is 10.3. The average molecular weight is 251 g/mol. The van der Waals surface area contributed by atoms with Crippen molar-refractivity contribution in [2.45, 2.75) is 19.8 Å². The van der Waals surface area contributed by atoms with Crippen LogP contribution in [0.1, 0.15) is 19.2 Å². The molecule has 0 atom stereocenters. The van der Waals surface area contributed by atoms with Crippen molar-refractivity contribution >= 4 is 22.4 Å². The summed E-state index contributed by atoms with van der Waals surface area (Å²) < 4.78 is 0. The van der Waals surface area contributed by atoms with Crippen LogP contribution in [0.25, 0.3) is 11.5 Å². The topological polar surface area (TPSA) is 119 Å². The molecule has 0 amide bonds. The number of thiazole rings is 1. The van der Waals surface area contributed by atoms with Gasteiger partial charge in [-0.3, -0.25) is 5.10 Å². The molecule has 0 saturated carbocycles. The maximum Gasteiger partial charge on any atom is 0.212 e. The van der Waals surface area contributed by atoms with Crippen molar-refractivity contribution in [3.63, 3.8) is 0 Å². The van der Waals surface area contributed by atoms with Gasteiger partial charge in [0.15, 0.2) is 5.96 Å². The van der Waals surface area contributed by atoms with E-state index >= 15 is 0 Å². The van der Waals surface area contributed by atoms with Gasteiger partial charge in [-0.1, -0.05) is 6.92 Å². The lowest BCUT2D eigenvalue weighted by Crippen LogP contribution is -2.21. The zero-order valence-corrected chi connectivity index (χ0v) is 10.2. The van der Waals surface area contributed by atoms with Crippen LogP contribution in [-0.2, 0) is 6.42 Å². The summed E-state index contributed by atoms with van der Waals surface area (Å²) in [5.74, 6) is 1.42. The Balaban J connectivity index is 2.21. The van der Waals surface area contributed by atoms with Crippen LogP contribution in [0.3, 0.4) is 0 Å². The van der Waals surface area contributed by atoms with Crippen LogP contribution in [0.4, 0.5) is 5.13 Å². The Bertz CT molecular complexity index is 523. The number of nitrogens with two attached hydrogens (primary N) is 2. The van der Waals surface area contributed by atoms with Crippen LogP contribution >= 0.6 is 11.3 Å². The number of nitrogens with zero attached hydrogens (tertiary/aromatic N) is 4. The van der Waals surface area contributed by atoms with Crippen LogP contribution in [0, 0.1) is 0 Å². The Kier molecular flexibility index (Phi) is 3.33. The third kappa shape index (κ3) is 2.78. The second-order valence-corrected chi connectivity index (χ2v) is 4.24. The molecule has 0 radical (unpaired) electrons. The molecule has 5 N–H and O–H groups in total. The van der Waals surface area contributed by atoms with Crippen LogP contribution in [0.15, 0.2) is 10.4 Å². The number of rotatable bonds is 4. The number of guanidine groups is 1. The molecule has 2 heterocycles. The van der Waals surface area contributed by atoms with Crippen LogP contribution in [0.5, 0.6) is 0 Å². The minimum atomic E-state index is -0.00689. The summed E-state index contributed by atoms with van der Waals surface area (Å²) in [6.45, 7) is 2.09. The lowest BCUT2D eigenvalue weighted by molar-refractivity contribution is 0.841. The van der Waals surface area contributed by atoms with Crippen molar-refractivity contribution < 1.29 is 0 Å². The van der Waals surface area contributed by atoms with E-state index in [1.54, 1.807) is 0 Å². The van der Waals surface area contributed by atoms with Crippen LogP contribution < -0.4 is 11.5 Å². The van der Waals surface area contributed by atoms with Crippen molar-refractivity contribution in [2.24, 2.45) is 16.5 Å². The number of aliphatic imine (C=N–C) groups is 1. The van der Waals surface area contributed by atoms with E-state index in [0.717, 1.165) is 18.7 Å². The highest BCUT2D eigenvalue weighted by molar-refractivity contribution is 7.13. The molecule has 0 aliphatic rings. The molecule has 8 heteroatoms. The maximum absolute atomic E-state index is 5.27. The third-order valence-corrected chi connectivity index (χ3v) is 2.70. The maximum atomic E-state index is 5.27. The Morgan fingerprint density at radius 3 is 3.00 bits per heavy atom. The van der Waals surface area contributed by atoms with Crippen molar-refractivity contribution in [3.8, 4) is 11.5 Å². The van der Waals surface area contributed by atoms with Gasteiger partial charge >= 0.3 is 0 Å². The van der Waals surface area contributed by atoms with Gasteiger partial charge < -0.3 is 11.5 Å². The molecule has 0 aromatic carbocycles. The van der Waals surface area contributed by atoms with E-state index in [0.29, 0.717) is 16.6 Å². The number of nitrogens with one attached hydrogen (secondary N) is 1. The van der Waals surface area contributed by atoms with E-state index in [2.05, 4.69) is 32.1 Å². The van der Waals surface area contributed by atoms with Crippen molar-refractivity contribution in [1.82, 2.24) is 20.2 Å². The SMILES string of the molecule is CCCc1nc(-c2csc(N=C(N)N)n2)n[nH]1. The van der Waals surface area contributed by atoms with Crippen LogP contribution in [-0.4, -0.2) is 26.1 Å². The van der Waals surface area contributed by atoms with Crippen molar-refractivity contribution in [3.05, 3.63) is 11.2 Å². The number of aromatic nitrogens is 4. The van der Waals surface area contributed by atoms with Gasteiger partial charge in [0.2, 0.25) is 11.0 Å². The summed E-state index contributed by atoms with van der Waals surface area (Å²) >= 11 is 1.34. The molecule has 17 heavy (non-hydrogen) atoms. The zero-order valence-electron chi connectivity index (χ0n) is 9.34. The van der Waals surface area contributed by atoms with E-state index in [9.17, 15) is 0 Å². The largest absolute Gasteiger partial charge is 0.370 e. The molecule has 0 fully saturated rings.